The number of nitrogens with two attached hydrogens (primary N) is 1. The van der Waals surface area contributed by atoms with Crippen LogP contribution in [-0.4, -0.2) is 44.8 Å². The zero-order valence-electron chi connectivity index (χ0n) is 19.6. The molecule has 0 aliphatic carbocycles. The van der Waals surface area contributed by atoms with Crippen molar-refractivity contribution in [1.29, 1.82) is 0 Å². The Labute approximate surface area is 189 Å². The van der Waals surface area contributed by atoms with Crippen LogP contribution in [0.25, 0.3) is 22.3 Å². The fourth-order valence-corrected chi connectivity index (χ4v) is 3.12. The number of aromatic amines is 2. The summed E-state index contributed by atoms with van der Waals surface area (Å²) in [6.45, 7) is 11.6. The first-order chi connectivity index (χ1) is 15.5. The van der Waals surface area contributed by atoms with Gasteiger partial charge in [-0.1, -0.05) is 13.8 Å². The molecule has 0 unspecified atom stereocenters. The van der Waals surface area contributed by atoms with Crippen molar-refractivity contribution in [3.05, 3.63) is 39.2 Å². The molecule has 0 aliphatic rings. The lowest BCUT2D eigenvalue weighted by molar-refractivity contribution is -0.121. The molecule has 176 valence electrons. The van der Waals surface area contributed by atoms with Crippen LogP contribution >= 0.6 is 0 Å². The molecular formula is C21H29N9O3. The number of imidazole rings is 2. The Hall–Kier alpha value is -3.83. The van der Waals surface area contributed by atoms with E-state index in [4.69, 9.17) is 5.73 Å². The highest BCUT2D eigenvalue weighted by atomic mass is 16.1. The molecule has 4 rings (SSSR count). The third-order valence-electron chi connectivity index (χ3n) is 5.03. The molecule has 0 amide bonds. The largest absolute Gasteiger partial charge is 0.369 e. The molecule has 4 N–H and O–H groups in total. The summed E-state index contributed by atoms with van der Waals surface area (Å²) < 4.78 is 3.63. The number of carbonyl (C=O) groups is 1. The molecule has 0 aromatic carbocycles. The molecule has 0 fully saturated rings. The minimum absolute atomic E-state index is 0.0538. The van der Waals surface area contributed by atoms with Crippen LogP contribution in [0.4, 0.5) is 5.95 Å². The zero-order valence-corrected chi connectivity index (χ0v) is 19.6. The van der Waals surface area contributed by atoms with E-state index in [2.05, 4.69) is 29.9 Å². The van der Waals surface area contributed by atoms with Gasteiger partial charge in [0.15, 0.2) is 22.3 Å². The molecule has 12 heteroatoms. The number of nitrogens with one attached hydrogen (secondary N) is 2. The number of hydrogen-bond donors (Lipinski definition) is 3. The lowest BCUT2D eigenvalue weighted by Crippen LogP contribution is -2.18. The summed E-state index contributed by atoms with van der Waals surface area (Å²) in [5.41, 5.74) is 6.55. The van der Waals surface area contributed by atoms with Crippen LogP contribution in [0.15, 0.2) is 22.2 Å². The van der Waals surface area contributed by atoms with Gasteiger partial charge in [-0.25, -0.2) is 15.0 Å². The van der Waals surface area contributed by atoms with Crippen LogP contribution < -0.4 is 16.9 Å². The maximum Gasteiger partial charge on any atom is 0.280 e. The van der Waals surface area contributed by atoms with Crippen molar-refractivity contribution in [1.82, 2.24) is 39.0 Å². The molecule has 4 aromatic rings. The van der Waals surface area contributed by atoms with E-state index >= 15 is 0 Å². The summed E-state index contributed by atoms with van der Waals surface area (Å²) in [5, 5.41) is 0. The Bertz CT molecular complexity index is 1410. The number of anilines is 1. The number of aromatic nitrogens is 8. The number of hydrogen-bond acceptors (Lipinski definition) is 8. The highest BCUT2D eigenvalue weighted by Gasteiger charge is 2.15. The van der Waals surface area contributed by atoms with Gasteiger partial charge in [-0.3, -0.25) is 19.4 Å². The molecule has 12 nitrogen and oxygen atoms in total. The van der Waals surface area contributed by atoms with Crippen LogP contribution in [0.2, 0.25) is 0 Å². The van der Waals surface area contributed by atoms with Crippen molar-refractivity contribution in [3.8, 4) is 0 Å². The minimum Gasteiger partial charge on any atom is -0.369 e. The summed E-state index contributed by atoms with van der Waals surface area (Å²) in [5.74, 6) is 0.498. The van der Waals surface area contributed by atoms with Crippen molar-refractivity contribution in [2.75, 3.05) is 5.73 Å². The Kier molecular flexibility index (Phi) is 6.75. The average molecular weight is 456 g/mol. The topological polar surface area (TPSA) is 170 Å². The zero-order chi connectivity index (χ0) is 24.4. The number of nitrogen functional groups attached to an aromatic ring is 1. The van der Waals surface area contributed by atoms with Gasteiger partial charge in [0.25, 0.3) is 11.1 Å². The van der Waals surface area contributed by atoms with E-state index in [1.807, 2.05) is 46.1 Å². The maximum atomic E-state index is 11.9. The van der Waals surface area contributed by atoms with Gasteiger partial charge >= 0.3 is 0 Å². The normalized spacial score (nSPS) is 11.5. The molecule has 0 spiro atoms. The Balaban J connectivity index is 0.000000194. The average Bonchev–Trinajstić information content (AvgIpc) is 3.33. The van der Waals surface area contributed by atoms with Crippen molar-refractivity contribution in [2.24, 2.45) is 5.92 Å². The van der Waals surface area contributed by atoms with Crippen LogP contribution in [0.5, 0.6) is 0 Å². The van der Waals surface area contributed by atoms with E-state index in [0.717, 1.165) is 0 Å². The van der Waals surface area contributed by atoms with E-state index < -0.39 is 0 Å². The van der Waals surface area contributed by atoms with E-state index in [1.165, 1.54) is 0 Å². The third-order valence-corrected chi connectivity index (χ3v) is 5.03. The quantitative estimate of drug-likeness (QED) is 0.408. The van der Waals surface area contributed by atoms with Gasteiger partial charge in [-0.05, 0) is 27.7 Å². The molecule has 4 aromatic heterocycles. The van der Waals surface area contributed by atoms with Crippen molar-refractivity contribution >= 4 is 34.1 Å². The first kappa shape index (κ1) is 23.8. The van der Waals surface area contributed by atoms with Gasteiger partial charge in [0.05, 0.1) is 19.1 Å². The van der Waals surface area contributed by atoms with Gasteiger partial charge in [0, 0.05) is 18.0 Å². The number of rotatable bonds is 5. The standard InChI is InChI=1S/C13H18N4O2.C8H11N5O/c1-7(2)9(18)5-10-15-12-11(13(19)16-10)14-6-17(12)8(3)4;1-4(2)13-3-10-5-6(13)11-8(9)12-7(5)14/h6-8H,5H2,1-4H3,(H,15,16,19);3-4H,1-2H3,(H3,9,11,12,14). The number of ketones is 1. The number of carbonyl (C=O) groups excluding carboxylic acids is 1. The second kappa shape index (κ2) is 9.35. The smallest absolute Gasteiger partial charge is 0.280 e. The van der Waals surface area contributed by atoms with E-state index in [-0.39, 0.29) is 47.3 Å². The Morgan fingerprint density at radius 1 is 0.879 bits per heavy atom. The molecule has 0 saturated heterocycles. The summed E-state index contributed by atoms with van der Waals surface area (Å²) in [6, 6.07) is 0.363. The minimum atomic E-state index is -0.299. The third kappa shape index (κ3) is 4.99. The number of fused-ring (bicyclic) bond motifs is 2. The van der Waals surface area contributed by atoms with Crippen molar-refractivity contribution in [3.63, 3.8) is 0 Å². The fraction of sp³-hybridized carbons (Fsp3) is 0.476. The highest BCUT2D eigenvalue weighted by molar-refractivity contribution is 5.82. The Morgan fingerprint density at radius 3 is 1.85 bits per heavy atom. The molecule has 0 bridgehead atoms. The second-order valence-corrected chi connectivity index (χ2v) is 8.60. The fourth-order valence-electron chi connectivity index (χ4n) is 3.12. The lowest BCUT2D eigenvalue weighted by atomic mass is 10.1. The van der Waals surface area contributed by atoms with Crippen LogP contribution in [0, 0.1) is 5.92 Å². The van der Waals surface area contributed by atoms with E-state index in [0.29, 0.717) is 28.2 Å². The number of Topliss-reactive ketones (excluding diaryl/α,β-unsaturated/α-hetero) is 1. The van der Waals surface area contributed by atoms with Gasteiger partial charge in [-0.15, -0.1) is 0 Å². The Morgan fingerprint density at radius 2 is 1.36 bits per heavy atom. The molecule has 33 heavy (non-hydrogen) atoms. The summed E-state index contributed by atoms with van der Waals surface area (Å²) in [4.78, 5) is 56.5. The SMILES string of the molecule is CC(C)C(=O)Cc1nc2c(ncn2C(C)C)c(=O)[nH]1.CC(C)n1cnc2c(=O)[nH]c(N)nc21. The van der Waals surface area contributed by atoms with E-state index in [1.54, 1.807) is 17.2 Å². The van der Waals surface area contributed by atoms with Gasteiger partial charge < -0.3 is 19.9 Å². The summed E-state index contributed by atoms with van der Waals surface area (Å²) in [6.07, 6.45) is 3.34. The molecular weight excluding hydrogens is 426 g/mol. The monoisotopic (exact) mass is 455 g/mol. The van der Waals surface area contributed by atoms with Crippen LogP contribution in [-0.2, 0) is 11.2 Å². The van der Waals surface area contributed by atoms with Crippen molar-refractivity contribution < 1.29 is 4.79 Å². The predicted molar refractivity (Wildman–Crippen MR) is 125 cm³/mol. The van der Waals surface area contributed by atoms with Gasteiger partial charge in [0.1, 0.15) is 11.6 Å². The maximum absolute atomic E-state index is 11.9. The predicted octanol–water partition coefficient (Wildman–Crippen LogP) is 1.75. The molecule has 0 radical (unpaired) electrons. The van der Waals surface area contributed by atoms with Crippen LogP contribution in [0.3, 0.4) is 0 Å². The van der Waals surface area contributed by atoms with Crippen LogP contribution in [0.1, 0.15) is 59.5 Å². The first-order valence-electron chi connectivity index (χ1n) is 10.7. The molecule has 0 saturated carbocycles. The van der Waals surface area contributed by atoms with Gasteiger partial charge in [-0.2, -0.15) is 4.98 Å². The highest BCUT2D eigenvalue weighted by Crippen LogP contribution is 2.13. The number of H-pyrrole nitrogens is 2. The molecule has 4 heterocycles. The molecule has 0 atom stereocenters. The number of nitrogens with zero attached hydrogens (tertiary/aromatic N) is 6. The first-order valence-corrected chi connectivity index (χ1v) is 10.7. The second-order valence-electron chi connectivity index (χ2n) is 8.60. The molecule has 0 aliphatic heterocycles. The summed E-state index contributed by atoms with van der Waals surface area (Å²) in [7, 11) is 0. The van der Waals surface area contributed by atoms with E-state index in [9.17, 15) is 14.4 Å². The van der Waals surface area contributed by atoms with Crippen molar-refractivity contribution in [2.45, 2.75) is 60.0 Å². The summed E-state index contributed by atoms with van der Waals surface area (Å²) >= 11 is 0. The lowest BCUT2D eigenvalue weighted by Gasteiger charge is -2.08. The van der Waals surface area contributed by atoms with Gasteiger partial charge in [0.2, 0.25) is 5.95 Å².